The summed E-state index contributed by atoms with van der Waals surface area (Å²) in [5.74, 6) is 0.217. The second-order valence-electron chi connectivity index (χ2n) is 7.65. The fraction of sp³-hybridized carbons (Fsp3) is 0.381. The molecule has 0 N–H and O–H groups in total. The molecule has 0 radical (unpaired) electrons. The minimum atomic E-state index is -4.01. The van der Waals surface area contributed by atoms with Crippen molar-refractivity contribution in [3.05, 3.63) is 65.1 Å². The lowest BCUT2D eigenvalue weighted by Crippen LogP contribution is -2.54. The highest BCUT2D eigenvalue weighted by Gasteiger charge is 2.49. The molecular weight excluding hydrogens is 447 g/mol. The Morgan fingerprint density at radius 3 is 2.57 bits per heavy atom. The first-order valence-electron chi connectivity index (χ1n) is 9.74. The summed E-state index contributed by atoms with van der Waals surface area (Å²) in [7, 11) is -4.01. The number of fused-ring (bicyclic) bond motifs is 2. The quantitative estimate of drug-likeness (QED) is 0.611. The third-order valence-electron chi connectivity index (χ3n) is 5.77. The molecule has 2 aliphatic rings. The molecule has 160 valence electrons. The van der Waals surface area contributed by atoms with E-state index in [0.29, 0.717) is 25.1 Å². The van der Waals surface area contributed by atoms with Gasteiger partial charge in [0.25, 0.3) is 0 Å². The van der Waals surface area contributed by atoms with Crippen molar-refractivity contribution in [3.8, 4) is 0 Å². The van der Waals surface area contributed by atoms with Gasteiger partial charge in [0, 0.05) is 28.5 Å². The van der Waals surface area contributed by atoms with E-state index in [1.54, 1.807) is 29.4 Å². The highest BCUT2D eigenvalue weighted by molar-refractivity contribution is 7.89. The number of nitrogens with zero attached hydrogens (tertiary/aromatic N) is 2. The monoisotopic (exact) mass is 468 g/mol. The molecule has 1 aromatic heterocycles. The van der Waals surface area contributed by atoms with Crippen molar-refractivity contribution in [2.45, 2.75) is 42.8 Å². The summed E-state index contributed by atoms with van der Waals surface area (Å²) in [4.78, 5) is 15.1. The number of furan rings is 1. The first-order chi connectivity index (χ1) is 14.3. The lowest BCUT2D eigenvalue weighted by molar-refractivity contribution is -0.135. The number of rotatable bonds is 5. The molecule has 1 aromatic carbocycles. The van der Waals surface area contributed by atoms with E-state index >= 15 is 0 Å². The highest BCUT2D eigenvalue weighted by atomic mass is 35.5. The van der Waals surface area contributed by atoms with Crippen LogP contribution in [0.1, 0.15) is 25.0 Å². The van der Waals surface area contributed by atoms with E-state index in [1.807, 2.05) is 0 Å². The summed E-state index contributed by atoms with van der Waals surface area (Å²) in [5.41, 5.74) is 0. The van der Waals surface area contributed by atoms with Crippen LogP contribution in [0.4, 0.5) is 0 Å². The molecule has 0 saturated carbocycles. The van der Waals surface area contributed by atoms with Crippen molar-refractivity contribution in [3.63, 3.8) is 0 Å². The molecule has 2 saturated heterocycles. The van der Waals surface area contributed by atoms with Gasteiger partial charge in [-0.15, -0.1) is 6.58 Å². The number of amides is 1. The summed E-state index contributed by atoms with van der Waals surface area (Å²) >= 11 is 12.1. The lowest BCUT2D eigenvalue weighted by Gasteiger charge is -2.40. The van der Waals surface area contributed by atoms with Crippen LogP contribution in [0.3, 0.4) is 0 Å². The van der Waals surface area contributed by atoms with E-state index in [4.69, 9.17) is 27.6 Å². The molecule has 2 bridgehead atoms. The Morgan fingerprint density at radius 2 is 1.93 bits per heavy atom. The molecule has 4 rings (SSSR count). The summed E-state index contributed by atoms with van der Waals surface area (Å²) in [6.45, 7) is 4.59. The standard InChI is InChI=1S/C21H22Cl2N2O4S/c1-2-14-12-24(13-17-5-4-8-29-17)21(26)20-7-3-6-19(14)25(20)30(27,28)18-10-15(22)9-16(23)11-18/h2,4-5,8-11,14,19-20H,1,3,6-7,12-13H2/t14-,19+,20-/m0/s1. The van der Waals surface area contributed by atoms with Crippen LogP contribution in [-0.4, -0.2) is 42.2 Å². The predicted molar refractivity (Wildman–Crippen MR) is 115 cm³/mol. The van der Waals surface area contributed by atoms with Gasteiger partial charge >= 0.3 is 0 Å². The van der Waals surface area contributed by atoms with Crippen molar-refractivity contribution < 1.29 is 17.6 Å². The summed E-state index contributed by atoms with van der Waals surface area (Å²) in [5, 5.41) is 0.458. The highest BCUT2D eigenvalue weighted by Crippen LogP contribution is 2.38. The van der Waals surface area contributed by atoms with Crippen LogP contribution in [0.15, 0.2) is 58.6 Å². The molecule has 0 unspecified atom stereocenters. The molecule has 2 aliphatic heterocycles. The third-order valence-corrected chi connectivity index (χ3v) is 8.12. The van der Waals surface area contributed by atoms with Crippen molar-refractivity contribution in [2.24, 2.45) is 5.92 Å². The van der Waals surface area contributed by atoms with Gasteiger partial charge < -0.3 is 9.32 Å². The average molecular weight is 469 g/mol. The van der Waals surface area contributed by atoms with E-state index in [0.717, 1.165) is 6.42 Å². The fourth-order valence-corrected chi connectivity index (χ4v) is 7.03. The molecule has 2 aromatic rings. The van der Waals surface area contributed by atoms with Gasteiger partial charge in [0.05, 0.1) is 17.7 Å². The molecule has 2 fully saturated rings. The van der Waals surface area contributed by atoms with Crippen LogP contribution in [0, 0.1) is 5.92 Å². The van der Waals surface area contributed by atoms with Crippen LogP contribution in [0.5, 0.6) is 0 Å². The van der Waals surface area contributed by atoms with Crippen molar-refractivity contribution in [1.82, 2.24) is 9.21 Å². The molecule has 3 heterocycles. The van der Waals surface area contributed by atoms with Crippen LogP contribution in [0.25, 0.3) is 0 Å². The largest absolute Gasteiger partial charge is 0.467 e. The SMILES string of the molecule is C=C[C@H]1CN(Cc2ccco2)C(=O)[C@@H]2CCC[C@H]1N2S(=O)(=O)c1cc(Cl)cc(Cl)c1. The van der Waals surface area contributed by atoms with Crippen molar-refractivity contribution in [1.29, 1.82) is 0 Å². The maximum Gasteiger partial charge on any atom is 0.244 e. The zero-order chi connectivity index (χ0) is 21.5. The fourth-order valence-electron chi connectivity index (χ4n) is 4.43. The minimum absolute atomic E-state index is 0.00741. The molecule has 9 heteroatoms. The summed E-state index contributed by atoms with van der Waals surface area (Å²) in [6.07, 6.45) is 5.18. The van der Waals surface area contributed by atoms with Crippen LogP contribution >= 0.6 is 23.2 Å². The molecular formula is C21H22Cl2N2O4S. The van der Waals surface area contributed by atoms with E-state index in [2.05, 4.69) is 6.58 Å². The number of hydrogen-bond acceptors (Lipinski definition) is 4. The second kappa shape index (κ2) is 8.38. The predicted octanol–water partition coefficient (Wildman–Crippen LogP) is 4.34. The van der Waals surface area contributed by atoms with Gasteiger partial charge in [0.1, 0.15) is 11.8 Å². The van der Waals surface area contributed by atoms with Gasteiger partial charge in [-0.2, -0.15) is 4.31 Å². The zero-order valence-corrected chi connectivity index (χ0v) is 18.5. The maximum absolute atomic E-state index is 13.7. The second-order valence-corrected chi connectivity index (χ2v) is 10.4. The maximum atomic E-state index is 13.7. The Balaban J connectivity index is 1.77. The molecule has 1 amide bonds. The molecule has 3 atom stereocenters. The Morgan fingerprint density at radius 1 is 1.20 bits per heavy atom. The van der Waals surface area contributed by atoms with Crippen LogP contribution in [-0.2, 0) is 21.4 Å². The Kier molecular flexibility index (Phi) is 5.99. The lowest BCUT2D eigenvalue weighted by atomic mass is 9.90. The Hall–Kier alpha value is -1.80. The normalized spacial score (nSPS) is 25.2. The van der Waals surface area contributed by atoms with E-state index in [1.165, 1.54) is 22.5 Å². The van der Waals surface area contributed by atoms with Crippen molar-refractivity contribution in [2.75, 3.05) is 6.54 Å². The molecule has 0 aliphatic carbocycles. The molecule has 30 heavy (non-hydrogen) atoms. The number of halogens is 2. The summed E-state index contributed by atoms with van der Waals surface area (Å²) < 4.78 is 34.1. The van der Waals surface area contributed by atoms with Gasteiger partial charge in [-0.1, -0.05) is 29.3 Å². The smallest absolute Gasteiger partial charge is 0.244 e. The van der Waals surface area contributed by atoms with Gasteiger partial charge in [0.2, 0.25) is 15.9 Å². The number of benzene rings is 1. The Bertz CT molecular complexity index is 1030. The number of piperidine rings is 1. The zero-order valence-electron chi connectivity index (χ0n) is 16.2. The van der Waals surface area contributed by atoms with Crippen molar-refractivity contribution >= 4 is 39.1 Å². The van der Waals surface area contributed by atoms with E-state index < -0.39 is 16.1 Å². The third kappa shape index (κ3) is 3.91. The van der Waals surface area contributed by atoms with E-state index in [9.17, 15) is 13.2 Å². The Labute approximate surface area is 186 Å². The van der Waals surface area contributed by atoms with Crippen LogP contribution < -0.4 is 0 Å². The number of carbonyl (C=O) groups excluding carboxylic acids is 1. The molecule has 6 nitrogen and oxygen atoms in total. The summed E-state index contributed by atoms with van der Waals surface area (Å²) in [6, 6.07) is 6.64. The van der Waals surface area contributed by atoms with Gasteiger partial charge in [0.15, 0.2) is 0 Å². The first kappa shape index (κ1) is 21.4. The minimum Gasteiger partial charge on any atom is -0.467 e. The van der Waals surface area contributed by atoms with E-state index in [-0.39, 0.29) is 39.4 Å². The number of sulfonamides is 1. The molecule has 0 spiro atoms. The average Bonchev–Trinajstić information content (AvgIpc) is 3.20. The van der Waals surface area contributed by atoms with Crippen LogP contribution in [0.2, 0.25) is 10.0 Å². The van der Waals surface area contributed by atoms with Gasteiger partial charge in [-0.3, -0.25) is 4.79 Å². The van der Waals surface area contributed by atoms with Gasteiger partial charge in [-0.25, -0.2) is 8.42 Å². The number of carbonyl (C=O) groups is 1. The van der Waals surface area contributed by atoms with Gasteiger partial charge in [-0.05, 0) is 49.6 Å². The topological polar surface area (TPSA) is 70.8 Å². The first-order valence-corrected chi connectivity index (χ1v) is 11.9. The number of hydrogen-bond donors (Lipinski definition) is 0.